The topological polar surface area (TPSA) is 55.6 Å². The highest BCUT2D eigenvalue weighted by atomic mass is 16.5. The van der Waals surface area contributed by atoms with Gasteiger partial charge in [0.25, 0.3) is 0 Å². The Labute approximate surface area is 119 Å². The molecule has 4 nitrogen and oxygen atoms in total. The van der Waals surface area contributed by atoms with Crippen LogP contribution < -0.4 is 5.73 Å². The van der Waals surface area contributed by atoms with Crippen molar-refractivity contribution in [3.05, 3.63) is 35.9 Å². The predicted molar refractivity (Wildman–Crippen MR) is 77.1 cm³/mol. The minimum Gasteiger partial charge on any atom is -0.381 e. The van der Waals surface area contributed by atoms with Gasteiger partial charge >= 0.3 is 0 Å². The molecule has 1 spiro atoms. The van der Waals surface area contributed by atoms with Gasteiger partial charge in [0.2, 0.25) is 5.91 Å². The third kappa shape index (κ3) is 2.58. The molecule has 2 aliphatic rings. The van der Waals surface area contributed by atoms with E-state index in [0.717, 1.165) is 51.1 Å². The number of nitrogens with two attached hydrogens (primary N) is 1. The molecule has 20 heavy (non-hydrogen) atoms. The standard InChI is InChI=1S/C16H22N2O2/c17-14(13-4-2-1-3-5-13)15(19)18-9-6-16(12-18)7-10-20-11-8-16/h1-5,14H,6-12,17H2. The molecule has 1 aromatic rings. The minimum atomic E-state index is -0.536. The van der Waals surface area contributed by atoms with Crippen LogP contribution in [0.25, 0.3) is 0 Å². The van der Waals surface area contributed by atoms with E-state index < -0.39 is 6.04 Å². The second-order valence-electron chi connectivity index (χ2n) is 6.01. The summed E-state index contributed by atoms with van der Waals surface area (Å²) in [5.74, 6) is 0.0552. The quantitative estimate of drug-likeness (QED) is 0.893. The van der Waals surface area contributed by atoms with Crippen molar-refractivity contribution in [1.82, 2.24) is 4.90 Å². The summed E-state index contributed by atoms with van der Waals surface area (Å²) < 4.78 is 5.44. The maximum absolute atomic E-state index is 12.5. The number of carbonyl (C=O) groups is 1. The molecule has 0 aliphatic carbocycles. The summed E-state index contributed by atoms with van der Waals surface area (Å²) in [5, 5.41) is 0. The van der Waals surface area contributed by atoms with Crippen molar-refractivity contribution >= 4 is 5.91 Å². The Kier molecular flexibility index (Phi) is 3.76. The van der Waals surface area contributed by atoms with Crippen molar-refractivity contribution < 1.29 is 9.53 Å². The van der Waals surface area contributed by atoms with Gasteiger partial charge in [0, 0.05) is 26.3 Å². The van der Waals surface area contributed by atoms with E-state index >= 15 is 0 Å². The summed E-state index contributed by atoms with van der Waals surface area (Å²) >= 11 is 0. The van der Waals surface area contributed by atoms with Crippen molar-refractivity contribution in [3.8, 4) is 0 Å². The average Bonchev–Trinajstić information content (AvgIpc) is 2.91. The number of hydrogen-bond acceptors (Lipinski definition) is 3. The first-order chi connectivity index (χ1) is 9.70. The first kappa shape index (κ1) is 13.6. The zero-order valence-corrected chi connectivity index (χ0v) is 11.8. The summed E-state index contributed by atoms with van der Waals surface area (Å²) in [5.41, 5.74) is 7.30. The molecule has 1 amide bonds. The molecule has 2 heterocycles. The number of rotatable bonds is 2. The second kappa shape index (κ2) is 5.54. The van der Waals surface area contributed by atoms with Crippen molar-refractivity contribution in [2.24, 2.45) is 11.1 Å². The normalized spacial score (nSPS) is 22.9. The van der Waals surface area contributed by atoms with Gasteiger partial charge in [0.05, 0.1) is 0 Å². The summed E-state index contributed by atoms with van der Waals surface area (Å²) in [6.07, 6.45) is 3.22. The second-order valence-corrected chi connectivity index (χ2v) is 6.01. The Balaban J connectivity index is 1.66. The van der Waals surface area contributed by atoms with E-state index in [4.69, 9.17) is 10.5 Å². The number of hydrogen-bond donors (Lipinski definition) is 1. The summed E-state index contributed by atoms with van der Waals surface area (Å²) in [7, 11) is 0. The lowest BCUT2D eigenvalue weighted by molar-refractivity contribution is -0.132. The van der Waals surface area contributed by atoms with Gasteiger partial charge in [-0.3, -0.25) is 4.79 Å². The van der Waals surface area contributed by atoms with Crippen LogP contribution in [0.4, 0.5) is 0 Å². The first-order valence-corrected chi connectivity index (χ1v) is 7.37. The number of nitrogens with zero attached hydrogens (tertiary/aromatic N) is 1. The van der Waals surface area contributed by atoms with Crippen LogP contribution in [0, 0.1) is 5.41 Å². The molecular formula is C16H22N2O2. The molecular weight excluding hydrogens is 252 g/mol. The van der Waals surface area contributed by atoms with Crippen LogP contribution in [-0.4, -0.2) is 37.1 Å². The molecule has 0 radical (unpaired) electrons. The first-order valence-electron chi connectivity index (χ1n) is 7.37. The van der Waals surface area contributed by atoms with Crippen molar-refractivity contribution in [2.45, 2.75) is 25.3 Å². The molecule has 0 aromatic heterocycles. The smallest absolute Gasteiger partial charge is 0.244 e. The van der Waals surface area contributed by atoms with Crippen LogP contribution in [0.1, 0.15) is 30.9 Å². The van der Waals surface area contributed by atoms with Crippen molar-refractivity contribution in [2.75, 3.05) is 26.3 Å². The fourth-order valence-corrected chi connectivity index (χ4v) is 3.34. The van der Waals surface area contributed by atoms with Gasteiger partial charge in [-0.1, -0.05) is 30.3 Å². The highest BCUT2D eigenvalue weighted by molar-refractivity contribution is 5.83. The lowest BCUT2D eigenvalue weighted by atomic mass is 9.80. The van der Waals surface area contributed by atoms with Crippen molar-refractivity contribution in [3.63, 3.8) is 0 Å². The summed E-state index contributed by atoms with van der Waals surface area (Å²) in [6.45, 7) is 3.33. The Morgan fingerprint density at radius 3 is 2.60 bits per heavy atom. The van der Waals surface area contributed by atoms with Crippen LogP contribution in [0.15, 0.2) is 30.3 Å². The van der Waals surface area contributed by atoms with E-state index in [9.17, 15) is 4.79 Å². The van der Waals surface area contributed by atoms with E-state index in [1.807, 2.05) is 35.2 Å². The van der Waals surface area contributed by atoms with Gasteiger partial charge in [-0.25, -0.2) is 0 Å². The van der Waals surface area contributed by atoms with E-state index in [2.05, 4.69) is 0 Å². The summed E-state index contributed by atoms with van der Waals surface area (Å²) in [6, 6.07) is 9.09. The zero-order valence-electron chi connectivity index (χ0n) is 11.8. The van der Waals surface area contributed by atoms with E-state index in [-0.39, 0.29) is 11.3 Å². The van der Waals surface area contributed by atoms with E-state index in [1.165, 1.54) is 0 Å². The van der Waals surface area contributed by atoms with Gasteiger partial charge in [0.1, 0.15) is 6.04 Å². The van der Waals surface area contributed by atoms with Crippen LogP contribution >= 0.6 is 0 Å². The molecule has 3 rings (SSSR count). The molecule has 2 fully saturated rings. The Morgan fingerprint density at radius 1 is 1.20 bits per heavy atom. The maximum Gasteiger partial charge on any atom is 0.244 e. The molecule has 2 N–H and O–H groups in total. The van der Waals surface area contributed by atoms with Crippen LogP contribution in [0.3, 0.4) is 0 Å². The fourth-order valence-electron chi connectivity index (χ4n) is 3.34. The summed E-state index contributed by atoms with van der Waals surface area (Å²) in [4.78, 5) is 14.5. The molecule has 1 atom stereocenters. The average molecular weight is 274 g/mol. The molecule has 1 unspecified atom stereocenters. The number of likely N-dealkylation sites (tertiary alicyclic amines) is 1. The molecule has 0 saturated carbocycles. The predicted octanol–water partition coefficient (Wildman–Crippen LogP) is 1.72. The number of carbonyl (C=O) groups excluding carboxylic acids is 1. The van der Waals surface area contributed by atoms with Crippen LogP contribution in [0.2, 0.25) is 0 Å². The van der Waals surface area contributed by atoms with Gasteiger partial charge in [0.15, 0.2) is 0 Å². The van der Waals surface area contributed by atoms with E-state index in [0.29, 0.717) is 0 Å². The Hall–Kier alpha value is -1.39. The third-order valence-electron chi connectivity index (χ3n) is 4.73. The number of benzene rings is 1. The van der Waals surface area contributed by atoms with Crippen molar-refractivity contribution in [1.29, 1.82) is 0 Å². The minimum absolute atomic E-state index is 0.0552. The lowest BCUT2D eigenvalue weighted by Gasteiger charge is -2.33. The molecule has 2 aliphatic heterocycles. The van der Waals surface area contributed by atoms with Gasteiger partial charge in [-0.2, -0.15) is 0 Å². The molecule has 2 saturated heterocycles. The fraction of sp³-hybridized carbons (Fsp3) is 0.562. The maximum atomic E-state index is 12.5. The van der Waals surface area contributed by atoms with Crippen LogP contribution in [-0.2, 0) is 9.53 Å². The number of amides is 1. The highest BCUT2D eigenvalue weighted by Crippen LogP contribution is 2.40. The van der Waals surface area contributed by atoms with Crippen LogP contribution in [0.5, 0.6) is 0 Å². The third-order valence-corrected chi connectivity index (χ3v) is 4.73. The lowest BCUT2D eigenvalue weighted by Crippen LogP contribution is -2.39. The van der Waals surface area contributed by atoms with Gasteiger partial charge in [-0.15, -0.1) is 0 Å². The highest BCUT2D eigenvalue weighted by Gasteiger charge is 2.41. The SMILES string of the molecule is NC(C(=O)N1CCC2(CCOCC2)C1)c1ccccc1. The Bertz CT molecular complexity index is 469. The Morgan fingerprint density at radius 2 is 1.90 bits per heavy atom. The van der Waals surface area contributed by atoms with Gasteiger partial charge in [-0.05, 0) is 30.2 Å². The van der Waals surface area contributed by atoms with Gasteiger partial charge < -0.3 is 15.4 Å². The monoisotopic (exact) mass is 274 g/mol. The molecule has 108 valence electrons. The largest absolute Gasteiger partial charge is 0.381 e. The molecule has 0 bridgehead atoms. The number of ether oxygens (including phenoxy) is 1. The molecule has 4 heteroatoms. The zero-order chi connectivity index (χ0) is 14.0. The molecule has 1 aromatic carbocycles. The van der Waals surface area contributed by atoms with E-state index in [1.54, 1.807) is 0 Å².